The lowest BCUT2D eigenvalue weighted by atomic mass is 9.87. The van der Waals surface area contributed by atoms with Crippen LogP contribution in [0.5, 0.6) is 0 Å². The fourth-order valence-corrected chi connectivity index (χ4v) is 3.87. The number of thioether (sulfide) groups is 1. The maximum atomic E-state index is 11.1. The summed E-state index contributed by atoms with van der Waals surface area (Å²) in [4.78, 5) is 4.07. The van der Waals surface area contributed by atoms with Gasteiger partial charge in [-0.05, 0) is 30.0 Å². The molecule has 2 aromatic rings. The van der Waals surface area contributed by atoms with E-state index in [0.29, 0.717) is 15.6 Å². The molecule has 0 bridgehead atoms. The molecule has 1 heterocycles. The van der Waals surface area contributed by atoms with Gasteiger partial charge in [-0.15, -0.1) is 0 Å². The van der Waals surface area contributed by atoms with Gasteiger partial charge in [-0.25, -0.2) is 0 Å². The average molecular weight is 340 g/mol. The zero-order valence-electron chi connectivity index (χ0n) is 11.5. The first-order valence-corrected chi connectivity index (χ1v) is 8.31. The first kappa shape index (κ1) is 16.4. The lowest BCUT2D eigenvalue weighted by Gasteiger charge is -2.33. The van der Waals surface area contributed by atoms with E-state index < -0.39 is 5.60 Å². The van der Waals surface area contributed by atoms with Crippen LogP contribution in [0.3, 0.4) is 0 Å². The number of nitrogens with zero attached hydrogens (tertiary/aromatic N) is 1. The van der Waals surface area contributed by atoms with E-state index in [1.807, 2.05) is 18.4 Å². The van der Waals surface area contributed by atoms with Gasteiger partial charge < -0.3 is 5.11 Å². The number of halogens is 2. The second-order valence-electron chi connectivity index (χ2n) is 4.55. The van der Waals surface area contributed by atoms with Gasteiger partial charge in [-0.2, -0.15) is 11.8 Å². The van der Waals surface area contributed by atoms with Crippen LogP contribution < -0.4 is 0 Å². The van der Waals surface area contributed by atoms with Crippen molar-refractivity contribution in [3.63, 3.8) is 0 Å². The molecule has 21 heavy (non-hydrogen) atoms. The van der Waals surface area contributed by atoms with E-state index in [0.717, 1.165) is 5.56 Å². The van der Waals surface area contributed by atoms with Crippen molar-refractivity contribution in [3.05, 3.63) is 76.6 Å². The second-order valence-corrected chi connectivity index (χ2v) is 6.34. The summed E-state index contributed by atoms with van der Waals surface area (Å²) in [5.41, 5.74) is 0.204. The predicted molar refractivity (Wildman–Crippen MR) is 91.0 cm³/mol. The molecule has 0 saturated carbocycles. The monoisotopic (exact) mass is 339 g/mol. The minimum atomic E-state index is -1.27. The SMILES string of the molecule is C=CC(O)(c1cccnc1)C(SC)c1ccc(Cl)cc1Cl. The van der Waals surface area contributed by atoms with Crippen LogP contribution in [0.25, 0.3) is 0 Å². The number of hydrogen-bond acceptors (Lipinski definition) is 3. The van der Waals surface area contributed by atoms with Crippen LogP contribution in [0.4, 0.5) is 0 Å². The molecule has 1 N–H and O–H groups in total. The molecule has 2 rings (SSSR count). The molecular formula is C16H15Cl2NOS. The Morgan fingerprint density at radius 3 is 2.67 bits per heavy atom. The average Bonchev–Trinajstić information content (AvgIpc) is 2.50. The Bertz CT molecular complexity index is 635. The van der Waals surface area contributed by atoms with E-state index in [1.54, 1.807) is 30.6 Å². The second kappa shape index (κ2) is 6.84. The molecule has 110 valence electrons. The number of hydrogen-bond donors (Lipinski definition) is 1. The van der Waals surface area contributed by atoms with Crippen molar-refractivity contribution in [1.82, 2.24) is 4.98 Å². The summed E-state index contributed by atoms with van der Waals surface area (Å²) < 4.78 is 0. The van der Waals surface area contributed by atoms with E-state index in [9.17, 15) is 5.11 Å². The molecule has 0 amide bonds. The highest BCUT2D eigenvalue weighted by molar-refractivity contribution is 7.98. The van der Waals surface area contributed by atoms with Crippen LogP contribution in [0.15, 0.2) is 55.4 Å². The molecule has 0 saturated heterocycles. The van der Waals surface area contributed by atoms with Crippen molar-refractivity contribution in [2.75, 3.05) is 6.26 Å². The van der Waals surface area contributed by atoms with Crippen LogP contribution in [-0.4, -0.2) is 16.3 Å². The standard InChI is InChI=1S/C16H15Cl2NOS/c1-3-16(20,11-5-4-8-19-10-11)15(21-2)13-7-6-12(17)9-14(13)18/h3-10,15,20H,1H2,2H3. The summed E-state index contributed by atoms with van der Waals surface area (Å²) in [5.74, 6) is 0. The van der Waals surface area contributed by atoms with Crippen molar-refractivity contribution in [2.24, 2.45) is 0 Å². The minimum absolute atomic E-state index is 0.316. The lowest BCUT2D eigenvalue weighted by Crippen LogP contribution is -2.29. The van der Waals surface area contributed by atoms with Gasteiger partial charge >= 0.3 is 0 Å². The fourth-order valence-electron chi connectivity index (χ4n) is 2.23. The normalized spacial score (nSPS) is 15.2. The van der Waals surface area contributed by atoms with Gasteiger partial charge in [0.25, 0.3) is 0 Å². The van der Waals surface area contributed by atoms with E-state index in [2.05, 4.69) is 11.6 Å². The van der Waals surface area contributed by atoms with Gasteiger partial charge in [0, 0.05) is 28.0 Å². The van der Waals surface area contributed by atoms with Crippen molar-refractivity contribution in [1.29, 1.82) is 0 Å². The summed E-state index contributed by atoms with van der Waals surface area (Å²) in [6, 6.07) is 8.87. The maximum absolute atomic E-state index is 11.1. The molecule has 0 fully saturated rings. The first-order valence-electron chi connectivity index (χ1n) is 6.27. The molecule has 0 aliphatic carbocycles. The number of rotatable bonds is 5. The highest BCUT2D eigenvalue weighted by atomic mass is 35.5. The summed E-state index contributed by atoms with van der Waals surface area (Å²) in [6.07, 6.45) is 6.74. The summed E-state index contributed by atoms with van der Waals surface area (Å²) in [7, 11) is 0. The zero-order valence-corrected chi connectivity index (χ0v) is 13.8. The van der Waals surface area contributed by atoms with Crippen LogP contribution in [-0.2, 0) is 5.60 Å². The Morgan fingerprint density at radius 1 is 1.38 bits per heavy atom. The molecule has 2 unspecified atom stereocenters. The quantitative estimate of drug-likeness (QED) is 0.789. The molecule has 0 aliphatic rings. The molecule has 1 aromatic carbocycles. The Kier molecular flexibility index (Phi) is 5.33. The molecule has 5 heteroatoms. The fraction of sp³-hybridized carbons (Fsp3) is 0.188. The van der Waals surface area contributed by atoms with Crippen molar-refractivity contribution < 1.29 is 5.11 Å². The van der Waals surface area contributed by atoms with Crippen LogP contribution in [0.2, 0.25) is 10.0 Å². The largest absolute Gasteiger partial charge is 0.379 e. The third-order valence-corrected chi connectivity index (χ3v) is 4.96. The van der Waals surface area contributed by atoms with Crippen LogP contribution in [0.1, 0.15) is 16.4 Å². The van der Waals surface area contributed by atoms with Gasteiger partial charge in [0.15, 0.2) is 0 Å². The summed E-state index contributed by atoms with van der Waals surface area (Å²) >= 11 is 13.7. The highest BCUT2D eigenvalue weighted by Gasteiger charge is 2.37. The molecule has 0 spiro atoms. The van der Waals surface area contributed by atoms with Gasteiger partial charge in [-0.3, -0.25) is 4.98 Å². The molecule has 2 nitrogen and oxygen atoms in total. The number of aliphatic hydroxyl groups is 1. The van der Waals surface area contributed by atoms with E-state index in [1.165, 1.54) is 17.8 Å². The third kappa shape index (κ3) is 3.27. The zero-order chi connectivity index (χ0) is 15.5. The summed E-state index contributed by atoms with van der Waals surface area (Å²) in [5, 5.41) is 11.9. The van der Waals surface area contributed by atoms with Gasteiger partial charge in [0.1, 0.15) is 5.60 Å². The topological polar surface area (TPSA) is 33.1 Å². The lowest BCUT2D eigenvalue weighted by molar-refractivity contribution is 0.0866. The van der Waals surface area contributed by atoms with Gasteiger partial charge in [-0.1, -0.05) is 48.0 Å². The Balaban J connectivity index is 2.54. The Hall–Kier alpha value is -1.000. The van der Waals surface area contributed by atoms with Crippen LogP contribution >= 0.6 is 35.0 Å². The molecule has 0 aliphatic heterocycles. The van der Waals surface area contributed by atoms with E-state index in [4.69, 9.17) is 23.2 Å². The van der Waals surface area contributed by atoms with E-state index in [-0.39, 0.29) is 5.25 Å². The van der Waals surface area contributed by atoms with Gasteiger partial charge in [0.05, 0.1) is 5.25 Å². The van der Waals surface area contributed by atoms with Gasteiger partial charge in [0.2, 0.25) is 0 Å². The number of pyridine rings is 1. The summed E-state index contributed by atoms with van der Waals surface area (Å²) in [6.45, 7) is 3.79. The first-order chi connectivity index (χ1) is 10.0. The molecule has 0 radical (unpaired) electrons. The van der Waals surface area contributed by atoms with Crippen LogP contribution in [0, 0.1) is 0 Å². The minimum Gasteiger partial charge on any atom is -0.379 e. The van der Waals surface area contributed by atoms with E-state index >= 15 is 0 Å². The highest BCUT2D eigenvalue weighted by Crippen LogP contribution is 2.46. The number of aromatic nitrogens is 1. The van der Waals surface area contributed by atoms with Crippen molar-refractivity contribution in [3.8, 4) is 0 Å². The smallest absolute Gasteiger partial charge is 0.125 e. The van der Waals surface area contributed by atoms with Crippen molar-refractivity contribution in [2.45, 2.75) is 10.9 Å². The van der Waals surface area contributed by atoms with Crippen molar-refractivity contribution >= 4 is 35.0 Å². The third-order valence-electron chi connectivity index (χ3n) is 3.32. The molecular weight excluding hydrogens is 325 g/mol. The number of benzene rings is 1. The Morgan fingerprint density at radius 2 is 2.14 bits per heavy atom. The molecule has 2 atom stereocenters. The predicted octanol–water partition coefficient (Wildman–Crippen LogP) is 4.87. The Labute approximate surface area is 138 Å². The molecule has 1 aromatic heterocycles. The maximum Gasteiger partial charge on any atom is 0.125 e.